The number of rotatable bonds is 1. The molecule has 4 heteroatoms. The van der Waals surface area contributed by atoms with Gasteiger partial charge in [-0.25, -0.2) is 4.79 Å². The Morgan fingerprint density at radius 3 is 2.60 bits per heavy atom. The Kier molecular flexibility index (Phi) is 3.85. The van der Waals surface area contributed by atoms with Gasteiger partial charge in [-0.3, -0.25) is 0 Å². The van der Waals surface area contributed by atoms with Crippen LogP contribution in [0, 0.1) is 5.92 Å². The molecule has 0 aromatic heterocycles. The van der Waals surface area contributed by atoms with Crippen molar-refractivity contribution in [3.63, 3.8) is 0 Å². The average molecular weight is 212 g/mol. The third kappa shape index (κ3) is 4.42. The molecule has 0 aromatic carbocycles. The second-order valence-electron chi connectivity index (χ2n) is 5.02. The van der Waals surface area contributed by atoms with Crippen molar-refractivity contribution in [2.24, 2.45) is 16.6 Å². The van der Waals surface area contributed by atoms with Gasteiger partial charge in [0, 0.05) is 18.2 Å². The number of aliphatic imine (C=N–C) groups is 1. The lowest BCUT2D eigenvalue weighted by atomic mass is 10.1. The molecular formula is C11H20N2O2. The summed E-state index contributed by atoms with van der Waals surface area (Å²) in [5.41, 5.74) is 5.37. The average Bonchev–Trinajstić information content (AvgIpc) is 2.44. The van der Waals surface area contributed by atoms with Gasteiger partial charge in [0.2, 0.25) is 0 Å². The summed E-state index contributed by atoms with van der Waals surface area (Å²) in [6.07, 6.45) is 4.28. The van der Waals surface area contributed by atoms with Gasteiger partial charge >= 0.3 is 6.09 Å². The summed E-state index contributed by atoms with van der Waals surface area (Å²) in [5, 5.41) is 0. The maximum atomic E-state index is 11.3. The molecule has 0 radical (unpaired) electrons. The standard InChI is InChI=1S/C11H20N2O2/c1-11(2,3)15-10(14)13-7-8-5-4-6-9(8)12/h7-9H,4-6,12H2,1-3H3/t8?,9-/m0/s1. The van der Waals surface area contributed by atoms with Gasteiger partial charge in [0.1, 0.15) is 5.60 Å². The van der Waals surface area contributed by atoms with E-state index in [2.05, 4.69) is 4.99 Å². The van der Waals surface area contributed by atoms with Crippen molar-refractivity contribution in [1.82, 2.24) is 0 Å². The summed E-state index contributed by atoms with van der Waals surface area (Å²) in [6, 6.07) is 0.149. The third-order valence-electron chi connectivity index (χ3n) is 2.39. The zero-order valence-corrected chi connectivity index (χ0v) is 9.69. The predicted octanol–water partition coefficient (Wildman–Crippen LogP) is 2.12. The van der Waals surface area contributed by atoms with Crippen LogP contribution in [-0.4, -0.2) is 24.0 Å². The first-order valence-corrected chi connectivity index (χ1v) is 5.41. The summed E-state index contributed by atoms with van der Waals surface area (Å²) >= 11 is 0. The van der Waals surface area contributed by atoms with Crippen molar-refractivity contribution < 1.29 is 9.53 Å². The zero-order chi connectivity index (χ0) is 11.5. The van der Waals surface area contributed by atoms with E-state index in [4.69, 9.17) is 10.5 Å². The van der Waals surface area contributed by atoms with Gasteiger partial charge in [-0.2, -0.15) is 4.99 Å². The molecule has 0 heterocycles. The molecule has 0 saturated heterocycles. The summed E-state index contributed by atoms with van der Waals surface area (Å²) in [4.78, 5) is 15.0. The molecular weight excluding hydrogens is 192 g/mol. The smallest absolute Gasteiger partial charge is 0.433 e. The van der Waals surface area contributed by atoms with Gasteiger partial charge in [0.25, 0.3) is 0 Å². The molecule has 1 saturated carbocycles. The number of nitrogens with two attached hydrogens (primary N) is 1. The van der Waals surface area contributed by atoms with E-state index < -0.39 is 11.7 Å². The fourth-order valence-electron chi connectivity index (χ4n) is 1.65. The van der Waals surface area contributed by atoms with E-state index in [1.807, 2.05) is 20.8 Å². The van der Waals surface area contributed by atoms with Crippen molar-refractivity contribution in [1.29, 1.82) is 0 Å². The second kappa shape index (κ2) is 4.75. The fourth-order valence-corrected chi connectivity index (χ4v) is 1.65. The minimum absolute atomic E-state index is 0.149. The molecule has 1 aliphatic rings. The van der Waals surface area contributed by atoms with E-state index in [9.17, 15) is 4.79 Å². The largest absolute Gasteiger partial charge is 0.442 e. The number of amides is 1. The normalized spacial score (nSPS) is 27.2. The molecule has 15 heavy (non-hydrogen) atoms. The molecule has 1 unspecified atom stereocenters. The highest BCUT2D eigenvalue weighted by molar-refractivity contribution is 5.80. The van der Waals surface area contributed by atoms with Gasteiger partial charge in [-0.15, -0.1) is 0 Å². The van der Waals surface area contributed by atoms with Crippen LogP contribution in [0.2, 0.25) is 0 Å². The van der Waals surface area contributed by atoms with Crippen LogP contribution in [0.4, 0.5) is 4.79 Å². The van der Waals surface area contributed by atoms with Crippen molar-refractivity contribution in [3.05, 3.63) is 0 Å². The maximum Gasteiger partial charge on any atom is 0.433 e. The SMILES string of the molecule is CC(C)(C)OC(=O)N=CC1CCC[C@@H]1N. The van der Waals surface area contributed by atoms with Crippen LogP contribution in [0.5, 0.6) is 0 Å². The van der Waals surface area contributed by atoms with E-state index in [1.165, 1.54) is 0 Å². The third-order valence-corrected chi connectivity index (χ3v) is 2.39. The molecule has 1 rings (SSSR count). The second-order valence-corrected chi connectivity index (χ2v) is 5.02. The lowest BCUT2D eigenvalue weighted by molar-refractivity contribution is 0.0604. The maximum absolute atomic E-state index is 11.3. The minimum atomic E-state index is -0.526. The van der Waals surface area contributed by atoms with Gasteiger partial charge in [0.05, 0.1) is 0 Å². The van der Waals surface area contributed by atoms with E-state index in [-0.39, 0.29) is 12.0 Å². The van der Waals surface area contributed by atoms with Crippen LogP contribution in [0.15, 0.2) is 4.99 Å². The highest BCUT2D eigenvalue weighted by Gasteiger charge is 2.22. The van der Waals surface area contributed by atoms with Crippen LogP contribution in [0.1, 0.15) is 40.0 Å². The van der Waals surface area contributed by atoms with Gasteiger partial charge in [-0.05, 0) is 33.6 Å². The van der Waals surface area contributed by atoms with E-state index in [0.717, 1.165) is 19.3 Å². The Labute approximate surface area is 90.9 Å². The Morgan fingerprint density at radius 2 is 2.13 bits per heavy atom. The topological polar surface area (TPSA) is 64.7 Å². The Bertz CT molecular complexity index is 256. The minimum Gasteiger partial charge on any atom is -0.442 e. The first-order chi connectivity index (χ1) is 6.88. The van der Waals surface area contributed by atoms with E-state index in [1.54, 1.807) is 6.21 Å². The molecule has 1 fully saturated rings. The Hall–Kier alpha value is -0.900. The van der Waals surface area contributed by atoms with Crippen molar-refractivity contribution in [3.8, 4) is 0 Å². The molecule has 1 aliphatic carbocycles. The molecule has 0 aliphatic heterocycles. The molecule has 86 valence electrons. The molecule has 1 amide bonds. The zero-order valence-electron chi connectivity index (χ0n) is 9.69. The predicted molar refractivity (Wildman–Crippen MR) is 60.0 cm³/mol. The summed E-state index contributed by atoms with van der Waals surface area (Å²) in [7, 11) is 0. The number of ether oxygens (including phenoxy) is 1. The van der Waals surface area contributed by atoms with E-state index >= 15 is 0 Å². The monoisotopic (exact) mass is 212 g/mol. The fraction of sp³-hybridized carbons (Fsp3) is 0.818. The molecule has 2 N–H and O–H groups in total. The lowest BCUT2D eigenvalue weighted by Gasteiger charge is -2.17. The molecule has 4 nitrogen and oxygen atoms in total. The highest BCUT2D eigenvalue weighted by Crippen LogP contribution is 2.22. The molecule has 0 spiro atoms. The van der Waals surface area contributed by atoms with Crippen LogP contribution in [-0.2, 0) is 4.74 Å². The van der Waals surface area contributed by atoms with Crippen molar-refractivity contribution in [2.45, 2.75) is 51.7 Å². The van der Waals surface area contributed by atoms with Crippen LogP contribution >= 0.6 is 0 Å². The number of carbonyl (C=O) groups is 1. The first-order valence-electron chi connectivity index (χ1n) is 5.41. The number of hydrogen-bond donors (Lipinski definition) is 1. The van der Waals surface area contributed by atoms with Crippen LogP contribution in [0.3, 0.4) is 0 Å². The van der Waals surface area contributed by atoms with Crippen molar-refractivity contribution >= 4 is 12.3 Å². The first kappa shape index (κ1) is 12.2. The lowest BCUT2D eigenvalue weighted by Crippen LogP contribution is -2.26. The van der Waals surface area contributed by atoms with Crippen LogP contribution < -0.4 is 5.73 Å². The summed E-state index contributed by atoms with van der Waals surface area (Å²) < 4.78 is 5.06. The van der Waals surface area contributed by atoms with E-state index in [0.29, 0.717) is 0 Å². The Balaban J connectivity index is 2.40. The molecule has 2 atom stereocenters. The quantitative estimate of drug-likeness (QED) is 0.677. The number of nitrogens with zero attached hydrogens (tertiary/aromatic N) is 1. The highest BCUT2D eigenvalue weighted by atomic mass is 16.6. The summed E-state index contributed by atoms with van der Waals surface area (Å²) in [6.45, 7) is 5.46. The van der Waals surface area contributed by atoms with Gasteiger partial charge in [0.15, 0.2) is 0 Å². The molecule has 0 aromatic rings. The number of hydrogen-bond acceptors (Lipinski definition) is 3. The van der Waals surface area contributed by atoms with Crippen LogP contribution in [0.25, 0.3) is 0 Å². The summed E-state index contributed by atoms with van der Waals surface area (Å²) in [5.74, 6) is 0.234. The Morgan fingerprint density at radius 1 is 1.47 bits per heavy atom. The van der Waals surface area contributed by atoms with Gasteiger partial charge in [-0.1, -0.05) is 6.42 Å². The van der Waals surface area contributed by atoms with Crippen molar-refractivity contribution in [2.75, 3.05) is 0 Å². The van der Waals surface area contributed by atoms with Gasteiger partial charge < -0.3 is 10.5 Å². The number of carbonyl (C=O) groups excluding carboxylic acids is 1. The molecule has 0 bridgehead atoms.